The maximum atomic E-state index is 11.3. The number of nitrogens with zero attached hydrogens (tertiary/aromatic N) is 3. The van der Waals surface area contributed by atoms with E-state index in [9.17, 15) is 4.79 Å². The molecule has 1 fully saturated rings. The quantitative estimate of drug-likeness (QED) is 0.300. The standard InChI is InChI=1S/C9H14N4OS.C6H12.C4H10.C2H6/c1-7(6-10)4-5-9(14)12-8(2)13-15-11-3;1-2-4-6-5-3-1;1-3-4-2;1-2/h7H,3-5H2,1-2H3,(H,12,13,14);1-6H2;3-4H2,1-2H3;1-2H3. The van der Waals surface area contributed by atoms with E-state index in [4.69, 9.17) is 5.26 Å². The summed E-state index contributed by atoms with van der Waals surface area (Å²) in [6, 6.07) is 2.07. The van der Waals surface area contributed by atoms with Gasteiger partial charge in [0.25, 0.3) is 0 Å². The number of amides is 1. The van der Waals surface area contributed by atoms with Crippen molar-refractivity contribution in [3.8, 4) is 6.07 Å². The third-order valence-corrected chi connectivity index (χ3v) is 4.05. The molecule has 0 aromatic rings. The molecule has 0 spiro atoms. The summed E-state index contributed by atoms with van der Waals surface area (Å²) in [6.45, 7) is 15.1. The molecular weight excluding hydrogens is 356 g/mol. The van der Waals surface area contributed by atoms with Crippen molar-refractivity contribution in [3.63, 3.8) is 0 Å². The van der Waals surface area contributed by atoms with Gasteiger partial charge in [0.15, 0.2) is 0 Å². The van der Waals surface area contributed by atoms with Crippen molar-refractivity contribution < 1.29 is 4.79 Å². The van der Waals surface area contributed by atoms with Gasteiger partial charge in [0, 0.05) is 19.1 Å². The zero-order valence-electron chi connectivity index (χ0n) is 18.5. The first-order chi connectivity index (χ1) is 13.0. The Kier molecular flexibility index (Phi) is 30.2. The van der Waals surface area contributed by atoms with Gasteiger partial charge in [-0.05, 0) is 20.3 Å². The Morgan fingerprint density at radius 2 is 1.59 bits per heavy atom. The summed E-state index contributed by atoms with van der Waals surface area (Å²) in [5.74, 6) is 0.252. The minimum absolute atomic E-state index is 0.0998. The van der Waals surface area contributed by atoms with E-state index in [0.29, 0.717) is 18.7 Å². The van der Waals surface area contributed by atoms with Crippen LogP contribution in [0.4, 0.5) is 0 Å². The van der Waals surface area contributed by atoms with Gasteiger partial charge < -0.3 is 5.32 Å². The second kappa shape index (κ2) is 26.9. The van der Waals surface area contributed by atoms with Gasteiger partial charge in [-0.3, -0.25) is 4.79 Å². The molecule has 5 nitrogen and oxygen atoms in total. The summed E-state index contributed by atoms with van der Waals surface area (Å²) in [5, 5.41) is 11.1. The fourth-order valence-corrected chi connectivity index (χ4v) is 2.08. The Hall–Kier alpha value is -1.35. The molecule has 1 atom stereocenters. The van der Waals surface area contributed by atoms with E-state index in [-0.39, 0.29) is 11.8 Å². The average Bonchev–Trinajstić information content (AvgIpc) is 2.73. The number of hydrogen-bond acceptors (Lipinski definition) is 5. The minimum Gasteiger partial charge on any atom is -0.314 e. The molecule has 1 unspecified atom stereocenters. The van der Waals surface area contributed by atoms with Crippen molar-refractivity contribution in [2.45, 2.75) is 106 Å². The van der Waals surface area contributed by atoms with Crippen LogP contribution < -0.4 is 5.32 Å². The van der Waals surface area contributed by atoms with Crippen LogP contribution in [0.2, 0.25) is 0 Å². The van der Waals surface area contributed by atoms with Gasteiger partial charge in [0.05, 0.1) is 6.07 Å². The molecule has 1 saturated carbocycles. The Morgan fingerprint density at radius 1 is 1.15 bits per heavy atom. The Labute approximate surface area is 172 Å². The Bertz CT molecular complexity index is 388. The molecule has 0 aromatic heterocycles. The summed E-state index contributed by atoms with van der Waals surface area (Å²) >= 11 is 0.922. The second-order valence-electron chi connectivity index (χ2n) is 6.13. The zero-order valence-corrected chi connectivity index (χ0v) is 19.3. The van der Waals surface area contributed by atoms with Crippen LogP contribution in [0.3, 0.4) is 0 Å². The predicted octanol–water partition coefficient (Wildman–Crippen LogP) is 6.90. The van der Waals surface area contributed by atoms with Crippen LogP contribution in [0.15, 0.2) is 8.80 Å². The molecule has 0 radical (unpaired) electrons. The van der Waals surface area contributed by atoms with Crippen LogP contribution in [0.25, 0.3) is 0 Å². The zero-order chi connectivity index (χ0) is 21.3. The van der Waals surface area contributed by atoms with E-state index >= 15 is 0 Å². The molecule has 0 saturated heterocycles. The highest BCUT2D eigenvalue weighted by molar-refractivity contribution is 7.96. The lowest BCUT2D eigenvalue weighted by atomic mass is 10.0. The topological polar surface area (TPSA) is 77.6 Å². The maximum absolute atomic E-state index is 11.3. The highest BCUT2D eigenvalue weighted by atomic mass is 32.2. The molecule has 0 aromatic carbocycles. The van der Waals surface area contributed by atoms with E-state index in [1.807, 2.05) is 13.8 Å². The van der Waals surface area contributed by atoms with E-state index < -0.39 is 0 Å². The van der Waals surface area contributed by atoms with Crippen LogP contribution in [0, 0.1) is 17.2 Å². The fourth-order valence-electron chi connectivity index (χ4n) is 1.85. The second-order valence-corrected chi connectivity index (χ2v) is 6.73. The van der Waals surface area contributed by atoms with Crippen LogP contribution >= 0.6 is 12.1 Å². The van der Waals surface area contributed by atoms with Crippen molar-refractivity contribution in [1.82, 2.24) is 5.32 Å². The molecule has 0 heterocycles. The summed E-state index contributed by atoms with van der Waals surface area (Å²) < 4.78 is 7.29. The maximum Gasteiger partial charge on any atom is 0.225 e. The third-order valence-electron chi connectivity index (χ3n) is 3.58. The lowest BCUT2D eigenvalue weighted by molar-refractivity contribution is -0.119. The highest BCUT2D eigenvalue weighted by Gasteiger charge is 2.06. The summed E-state index contributed by atoms with van der Waals surface area (Å²) in [7, 11) is 0. The number of amidine groups is 1. The SMILES string of the molecule is C1CCCCC1.C=NS/N=C(/C)NC(=O)CCC(C)C#N.CC.CCCC. The molecule has 1 rings (SSSR count). The number of unbranched alkanes of at least 4 members (excludes halogenated alkanes) is 1. The van der Waals surface area contributed by atoms with Crippen LogP contribution in [-0.4, -0.2) is 18.5 Å². The largest absolute Gasteiger partial charge is 0.314 e. The van der Waals surface area contributed by atoms with E-state index in [0.717, 1.165) is 12.1 Å². The predicted molar refractivity (Wildman–Crippen MR) is 122 cm³/mol. The lowest BCUT2D eigenvalue weighted by Crippen LogP contribution is -2.28. The summed E-state index contributed by atoms with van der Waals surface area (Å²) in [6.07, 6.45) is 12.5. The first kappa shape index (κ1) is 30.4. The molecule has 1 amide bonds. The molecule has 1 aliphatic carbocycles. The third kappa shape index (κ3) is 29.7. The van der Waals surface area contributed by atoms with Gasteiger partial charge in [-0.15, -0.1) is 0 Å². The molecule has 158 valence electrons. The molecule has 0 aliphatic heterocycles. The number of hydrogen-bond donors (Lipinski definition) is 1. The minimum atomic E-state index is -0.136. The summed E-state index contributed by atoms with van der Waals surface area (Å²) in [5.41, 5.74) is 0. The number of nitriles is 1. The molecular formula is C21H42N4OS. The Morgan fingerprint density at radius 3 is 1.93 bits per heavy atom. The molecule has 1 aliphatic rings. The molecule has 27 heavy (non-hydrogen) atoms. The van der Waals surface area contributed by atoms with Crippen molar-refractivity contribution in [2.24, 2.45) is 14.7 Å². The van der Waals surface area contributed by atoms with Crippen molar-refractivity contribution >= 4 is 30.6 Å². The molecule has 1 N–H and O–H groups in total. The first-order valence-corrected chi connectivity index (χ1v) is 11.1. The Balaban J connectivity index is -0.000000389. The number of carbonyl (C=O) groups excluding carboxylic acids is 1. The van der Waals surface area contributed by atoms with Gasteiger partial charge in [0.2, 0.25) is 5.91 Å². The molecule has 6 heteroatoms. The van der Waals surface area contributed by atoms with Crippen molar-refractivity contribution in [2.75, 3.05) is 0 Å². The molecule has 0 bridgehead atoms. The first-order valence-electron chi connectivity index (χ1n) is 10.4. The van der Waals surface area contributed by atoms with Crippen molar-refractivity contribution in [1.29, 1.82) is 5.26 Å². The van der Waals surface area contributed by atoms with Crippen LogP contribution in [0.1, 0.15) is 106 Å². The normalized spacial score (nSPS) is 13.7. The van der Waals surface area contributed by atoms with Gasteiger partial charge in [-0.1, -0.05) is 79.1 Å². The van der Waals surface area contributed by atoms with E-state index in [1.165, 1.54) is 51.4 Å². The van der Waals surface area contributed by atoms with E-state index in [2.05, 4.69) is 40.7 Å². The number of rotatable bonds is 6. The highest BCUT2D eigenvalue weighted by Crippen LogP contribution is 2.15. The summed E-state index contributed by atoms with van der Waals surface area (Å²) in [4.78, 5) is 11.3. The van der Waals surface area contributed by atoms with Crippen LogP contribution in [-0.2, 0) is 4.79 Å². The number of carbonyl (C=O) groups is 1. The van der Waals surface area contributed by atoms with E-state index in [1.54, 1.807) is 13.8 Å². The lowest BCUT2D eigenvalue weighted by Gasteiger charge is -2.05. The van der Waals surface area contributed by atoms with Crippen LogP contribution in [0.5, 0.6) is 0 Å². The average molecular weight is 399 g/mol. The van der Waals surface area contributed by atoms with Gasteiger partial charge in [0.1, 0.15) is 18.0 Å². The number of nitrogens with one attached hydrogen (secondary N) is 1. The van der Waals surface area contributed by atoms with Crippen molar-refractivity contribution in [3.05, 3.63) is 0 Å². The van der Waals surface area contributed by atoms with Gasteiger partial charge in [-0.25, -0.2) is 4.40 Å². The van der Waals surface area contributed by atoms with Gasteiger partial charge in [-0.2, -0.15) is 9.66 Å². The van der Waals surface area contributed by atoms with Gasteiger partial charge >= 0.3 is 0 Å². The smallest absolute Gasteiger partial charge is 0.225 e. The fraction of sp³-hybridized carbons (Fsp3) is 0.810. The monoisotopic (exact) mass is 398 g/mol.